The molecule has 8 nitrogen and oxygen atoms in total. The van der Waals surface area contributed by atoms with Gasteiger partial charge in [0.2, 0.25) is 5.91 Å². The van der Waals surface area contributed by atoms with Crippen molar-refractivity contribution in [3.05, 3.63) is 101 Å². The standard InChI is InChI=1S/C32H38N6O2/c1-5-27(40)37-15-9-12-25(18-37)38-31-23(19-39)17-34-32(33)28(31)30(36-38)22-13-14-26(21(4)16-22)29(20(2)3)35-24-10-7-6-8-11-24/h5-8,10-11,13-14,16-17,25,30,35-36,39H,1,9,12,15,18-19H2,2-4H3,(H2,33,34)/t25-,30?/m1/s1. The van der Waals surface area contributed by atoms with Crippen LogP contribution in [0.5, 0.6) is 0 Å². The van der Waals surface area contributed by atoms with Crippen LogP contribution < -0.4 is 21.5 Å². The molecule has 208 valence electrons. The van der Waals surface area contributed by atoms with Gasteiger partial charge in [-0.15, -0.1) is 0 Å². The minimum atomic E-state index is -0.246. The van der Waals surface area contributed by atoms with E-state index >= 15 is 0 Å². The van der Waals surface area contributed by atoms with Crippen LogP contribution in [0.4, 0.5) is 17.2 Å². The molecular formula is C32H38N6O2. The van der Waals surface area contributed by atoms with Gasteiger partial charge in [0.1, 0.15) is 5.82 Å². The summed E-state index contributed by atoms with van der Waals surface area (Å²) >= 11 is 0. The summed E-state index contributed by atoms with van der Waals surface area (Å²) in [5.41, 5.74) is 19.2. The van der Waals surface area contributed by atoms with E-state index in [0.29, 0.717) is 24.5 Å². The first-order chi connectivity index (χ1) is 19.3. The van der Waals surface area contributed by atoms with E-state index in [2.05, 4.69) is 78.4 Å². The Bertz CT molecular complexity index is 1450. The van der Waals surface area contributed by atoms with Crippen molar-refractivity contribution in [2.75, 3.05) is 29.1 Å². The number of piperidine rings is 1. The lowest BCUT2D eigenvalue weighted by atomic mass is 9.93. The molecule has 1 amide bonds. The molecule has 0 saturated carbocycles. The molecule has 3 heterocycles. The number of carbonyl (C=O) groups is 1. The van der Waals surface area contributed by atoms with Crippen molar-refractivity contribution >= 4 is 28.8 Å². The van der Waals surface area contributed by atoms with Crippen LogP contribution in [-0.4, -0.2) is 40.0 Å². The molecule has 2 aliphatic rings. The van der Waals surface area contributed by atoms with Gasteiger partial charge in [0.25, 0.3) is 0 Å². The van der Waals surface area contributed by atoms with E-state index in [1.165, 1.54) is 11.6 Å². The fraction of sp³-hybridized carbons (Fsp3) is 0.312. The van der Waals surface area contributed by atoms with Crippen molar-refractivity contribution < 1.29 is 9.90 Å². The van der Waals surface area contributed by atoms with Gasteiger partial charge >= 0.3 is 0 Å². The van der Waals surface area contributed by atoms with E-state index in [0.717, 1.165) is 52.2 Å². The number of hydrazine groups is 1. The van der Waals surface area contributed by atoms with Gasteiger partial charge in [-0.2, -0.15) is 0 Å². The molecule has 2 aromatic carbocycles. The highest BCUT2D eigenvalue weighted by Crippen LogP contribution is 2.44. The van der Waals surface area contributed by atoms with Crippen LogP contribution in [0.15, 0.2) is 73.0 Å². The highest BCUT2D eigenvalue weighted by Gasteiger charge is 2.39. The Labute approximate surface area is 236 Å². The fourth-order valence-electron chi connectivity index (χ4n) is 5.82. The summed E-state index contributed by atoms with van der Waals surface area (Å²) in [4.78, 5) is 18.7. The maximum absolute atomic E-state index is 12.4. The summed E-state index contributed by atoms with van der Waals surface area (Å²) in [5.74, 6) is 0.363. The molecule has 5 N–H and O–H groups in total. The third-order valence-electron chi connectivity index (χ3n) is 7.81. The van der Waals surface area contributed by atoms with Gasteiger partial charge in [0.05, 0.1) is 24.4 Å². The van der Waals surface area contributed by atoms with Crippen LogP contribution >= 0.6 is 0 Å². The van der Waals surface area contributed by atoms with Crippen LogP contribution in [0.1, 0.15) is 60.5 Å². The zero-order chi connectivity index (χ0) is 28.4. The van der Waals surface area contributed by atoms with E-state index in [4.69, 9.17) is 5.73 Å². The summed E-state index contributed by atoms with van der Waals surface area (Å²) in [5, 5.41) is 15.9. The molecule has 0 spiro atoms. The van der Waals surface area contributed by atoms with E-state index in [1.807, 2.05) is 23.1 Å². The number of anilines is 3. The summed E-state index contributed by atoms with van der Waals surface area (Å²) < 4.78 is 0. The summed E-state index contributed by atoms with van der Waals surface area (Å²) in [6, 6.07) is 16.4. The number of aliphatic hydroxyl groups is 1. The Morgan fingerprint density at radius 1 is 1.25 bits per heavy atom. The number of nitrogens with two attached hydrogens (primary N) is 1. The van der Waals surface area contributed by atoms with Gasteiger partial charge in [-0.1, -0.05) is 48.6 Å². The highest BCUT2D eigenvalue weighted by molar-refractivity contribution is 5.87. The molecule has 0 bridgehead atoms. The third kappa shape index (κ3) is 5.20. The molecule has 1 fully saturated rings. The number of aliphatic hydroxyl groups excluding tert-OH is 1. The predicted molar refractivity (Wildman–Crippen MR) is 161 cm³/mol. The van der Waals surface area contributed by atoms with Crippen molar-refractivity contribution in [1.82, 2.24) is 15.3 Å². The lowest BCUT2D eigenvalue weighted by molar-refractivity contribution is -0.127. The average molecular weight is 539 g/mol. The first-order valence-corrected chi connectivity index (χ1v) is 13.8. The Balaban J connectivity index is 1.51. The number of aryl methyl sites for hydroxylation is 1. The first kappa shape index (κ1) is 27.4. The van der Waals surface area contributed by atoms with Gasteiger partial charge in [0, 0.05) is 47.4 Å². The number of rotatable bonds is 7. The van der Waals surface area contributed by atoms with Crippen molar-refractivity contribution in [3.63, 3.8) is 0 Å². The normalized spacial score (nSPS) is 18.3. The van der Waals surface area contributed by atoms with E-state index in [9.17, 15) is 9.90 Å². The number of fused-ring (bicyclic) bond motifs is 1. The molecule has 1 unspecified atom stereocenters. The molecule has 2 atom stereocenters. The second-order valence-electron chi connectivity index (χ2n) is 10.7. The monoisotopic (exact) mass is 538 g/mol. The first-order valence-electron chi connectivity index (χ1n) is 13.8. The van der Waals surface area contributed by atoms with Crippen molar-refractivity contribution in [3.8, 4) is 0 Å². The second-order valence-corrected chi connectivity index (χ2v) is 10.7. The molecule has 1 aromatic heterocycles. The van der Waals surface area contributed by atoms with E-state index in [1.54, 1.807) is 6.20 Å². The Kier molecular flexibility index (Phi) is 7.91. The molecule has 2 aliphatic heterocycles. The predicted octanol–water partition coefficient (Wildman–Crippen LogP) is 4.92. The maximum atomic E-state index is 12.4. The highest BCUT2D eigenvalue weighted by atomic mass is 16.3. The Morgan fingerprint density at radius 2 is 2.02 bits per heavy atom. The maximum Gasteiger partial charge on any atom is 0.246 e. The number of nitrogens with zero attached hydrogens (tertiary/aromatic N) is 3. The number of hydrogen-bond donors (Lipinski definition) is 4. The minimum absolute atomic E-state index is 0.0150. The van der Waals surface area contributed by atoms with Gasteiger partial charge in [-0.3, -0.25) is 4.79 Å². The smallest absolute Gasteiger partial charge is 0.246 e. The Hall–Kier alpha value is -4.14. The van der Waals surface area contributed by atoms with Crippen LogP contribution in [0, 0.1) is 6.92 Å². The number of para-hydroxylation sites is 1. The summed E-state index contributed by atoms with van der Waals surface area (Å²) in [6.07, 6.45) is 4.80. The zero-order valence-electron chi connectivity index (χ0n) is 23.4. The number of nitrogen functional groups attached to an aromatic ring is 1. The SMILES string of the molecule is C=CC(=O)N1CCC[C@@H](N2NC(c3ccc(C(Nc4ccccc4)=C(C)C)c(C)c3)c3c(N)ncc(CO)c32)C1. The van der Waals surface area contributed by atoms with Crippen LogP contribution in [0.2, 0.25) is 0 Å². The number of aromatic nitrogens is 1. The number of carbonyl (C=O) groups excluding carboxylic acids is 1. The number of amides is 1. The van der Waals surface area contributed by atoms with Gasteiger partial charge < -0.3 is 26.1 Å². The van der Waals surface area contributed by atoms with Crippen LogP contribution in [-0.2, 0) is 11.4 Å². The van der Waals surface area contributed by atoms with Gasteiger partial charge in [0.15, 0.2) is 0 Å². The molecular weight excluding hydrogens is 500 g/mol. The lowest BCUT2D eigenvalue weighted by Gasteiger charge is -2.39. The van der Waals surface area contributed by atoms with E-state index in [-0.39, 0.29) is 24.6 Å². The number of pyridine rings is 1. The minimum Gasteiger partial charge on any atom is -0.392 e. The molecule has 0 aliphatic carbocycles. The Morgan fingerprint density at radius 3 is 2.70 bits per heavy atom. The van der Waals surface area contributed by atoms with Gasteiger partial charge in [-0.25, -0.2) is 10.4 Å². The molecule has 40 heavy (non-hydrogen) atoms. The molecule has 0 radical (unpaired) electrons. The number of likely N-dealkylation sites (tertiary alicyclic amines) is 1. The second kappa shape index (κ2) is 11.5. The topological polar surface area (TPSA) is 107 Å². The number of hydrogen-bond acceptors (Lipinski definition) is 7. The van der Waals surface area contributed by atoms with Crippen molar-refractivity contribution in [2.24, 2.45) is 0 Å². The quantitative estimate of drug-likeness (QED) is 0.317. The molecule has 8 heteroatoms. The molecule has 5 rings (SSSR count). The summed E-state index contributed by atoms with van der Waals surface area (Å²) in [7, 11) is 0. The average Bonchev–Trinajstić information content (AvgIpc) is 3.38. The van der Waals surface area contributed by atoms with Crippen LogP contribution in [0.3, 0.4) is 0 Å². The molecule has 3 aromatic rings. The lowest BCUT2D eigenvalue weighted by Crippen LogP contribution is -2.53. The van der Waals surface area contributed by atoms with Gasteiger partial charge in [-0.05, 0) is 62.9 Å². The largest absolute Gasteiger partial charge is 0.392 e. The number of benzene rings is 2. The van der Waals surface area contributed by atoms with Crippen molar-refractivity contribution in [2.45, 2.75) is 52.3 Å². The van der Waals surface area contributed by atoms with E-state index < -0.39 is 0 Å². The number of nitrogens with one attached hydrogen (secondary N) is 2. The number of allylic oxidation sites excluding steroid dienone is 1. The van der Waals surface area contributed by atoms with Crippen LogP contribution in [0.25, 0.3) is 5.70 Å². The zero-order valence-corrected chi connectivity index (χ0v) is 23.4. The fourth-order valence-corrected chi connectivity index (χ4v) is 5.82. The third-order valence-corrected chi connectivity index (χ3v) is 7.81. The van der Waals surface area contributed by atoms with Crippen molar-refractivity contribution in [1.29, 1.82) is 0 Å². The summed E-state index contributed by atoms with van der Waals surface area (Å²) in [6.45, 7) is 11.1. The molecule has 1 saturated heterocycles.